The topological polar surface area (TPSA) is 38.3 Å². The number of amides is 1. The lowest BCUT2D eigenvalue weighted by Gasteiger charge is -2.33. The smallest absolute Gasteiger partial charge is 0.471 e. The maximum Gasteiger partial charge on any atom is 0.471 e. The van der Waals surface area contributed by atoms with Gasteiger partial charge in [0.1, 0.15) is 5.75 Å². The Hall–Kier alpha value is -2.76. The lowest BCUT2D eigenvalue weighted by molar-refractivity contribution is -0.174. The Labute approximate surface area is 162 Å². The average Bonchev–Trinajstić information content (AvgIpc) is 2.72. The van der Waals surface area contributed by atoms with Crippen molar-refractivity contribution in [2.45, 2.75) is 31.5 Å². The Bertz CT molecular complexity index is 846. The van der Waals surface area contributed by atoms with Crippen LogP contribution in [-0.4, -0.2) is 19.2 Å². The van der Waals surface area contributed by atoms with Gasteiger partial charge in [0.25, 0.3) is 0 Å². The van der Waals surface area contributed by atoms with Crippen LogP contribution in [0, 0.1) is 5.92 Å². The molecule has 3 rings (SSSR count). The van der Waals surface area contributed by atoms with Crippen molar-refractivity contribution in [3.63, 3.8) is 0 Å². The average molecular weight is 389 g/mol. The van der Waals surface area contributed by atoms with Crippen LogP contribution in [0.25, 0.3) is 5.57 Å². The molecule has 0 radical (unpaired) electrons. The van der Waals surface area contributed by atoms with Crippen LogP contribution >= 0.6 is 0 Å². The summed E-state index contributed by atoms with van der Waals surface area (Å²) in [7, 11) is 1.50. The SMILES string of the molecule is COc1cccc([C@@H](NC(=O)C(F)(F)F)[C@@H]2CCCC=C2c2ccccc2)c1. The van der Waals surface area contributed by atoms with Gasteiger partial charge in [-0.25, -0.2) is 0 Å². The highest BCUT2D eigenvalue weighted by molar-refractivity contribution is 5.82. The number of allylic oxidation sites excluding steroid dienone is 1. The third-order valence-electron chi connectivity index (χ3n) is 4.99. The van der Waals surface area contributed by atoms with E-state index in [1.807, 2.05) is 30.3 Å². The van der Waals surface area contributed by atoms with Crippen LogP contribution in [0.2, 0.25) is 0 Å². The highest BCUT2D eigenvalue weighted by Gasteiger charge is 2.42. The number of hydrogen-bond acceptors (Lipinski definition) is 2. The number of nitrogens with one attached hydrogen (secondary N) is 1. The van der Waals surface area contributed by atoms with E-state index in [0.29, 0.717) is 17.7 Å². The van der Waals surface area contributed by atoms with Gasteiger partial charge >= 0.3 is 12.1 Å². The van der Waals surface area contributed by atoms with Crippen LogP contribution in [0.1, 0.15) is 36.4 Å². The number of alkyl halides is 3. The molecule has 1 aliphatic carbocycles. The first-order chi connectivity index (χ1) is 13.4. The van der Waals surface area contributed by atoms with Crippen LogP contribution in [0.15, 0.2) is 60.7 Å². The monoisotopic (exact) mass is 389 g/mol. The van der Waals surface area contributed by atoms with Crippen molar-refractivity contribution < 1.29 is 22.7 Å². The van der Waals surface area contributed by atoms with Gasteiger partial charge in [-0.1, -0.05) is 48.5 Å². The van der Waals surface area contributed by atoms with Crippen molar-refractivity contribution in [2.24, 2.45) is 5.92 Å². The second-order valence-corrected chi connectivity index (χ2v) is 6.79. The fourth-order valence-electron chi connectivity index (χ4n) is 3.69. The third-order valence-corrected chi connectivity index (χ3v) is 4.99. The summed E-state index contributed by atoms with van der Waals surface area (Å²) in [6.07, 6.45) is -0.484. The largest absolute Gasteiger partial charge is 0.497 e. The summed E-state index contributed by atoms with van der Waals surface area (Å²) in [5.41, 5.74) is 2.51. The molecule has 0 saturated carbocycles. The van der Waals surface area contributed by atoms with Gasteiger partial charge in [0.2, 0.25) is 0 Å². The van der Waals surface area contributed by atoms with Crippen LogP contribution in [0.5, 0.6) is 5.75 Å². The van der Waals surface area contributed by atoms with Gasteiger partial charge in [-0.05, 0) is 48.1 Å². The summed E-state index contributed by atoms with van der Waals surface area (Å²) in [4.78, 5) is 11.8. The van der Waals surface area contributed by atoms with Crippen LogP contribution in [-0.2, 0) is 4.79 Å². The second kappa shape index (κ2) is 8.50. The highest BCUT2D eigenvalue weighted by Crippen LogP contribution is 2.41. The molecule has 6 heteroatoms. The van der Waals surface area contributed by atoms with E-state index in [4.69, 9.17) is 4.74 Å². The predicted molar refractivity (Wildman–Crippen MR) is 102 cm³/mol. The molecule has 0 heterocycles. The molecule has 0 saturated heterocycles. The molecule has 2 aromatic carbocycles. The number of rotatable bonds is 5. The number of methoxy groups -OCH3 is 1. The van der Waals surface area contributed by atoms with Gasteiger partial charge in [0.05, 0.1) is 13.2 Å². The standard InChI is InChI=1S/C22H22F3NO2/c1-28-17-11-7-10-16(14-17)20(26-21(27)22(23,24)25)19-13-6-5-12-18(19)15-8-3-2-4-9-15/h2-4,7-12,14,19-20H,5-6,13H2,1H3,(H,26,27)/t19-,20-/m1/s1. The zero-order chi connectivity index (χ0) is 20.1. The Balaban J connectivity index is 2.02. The third kappa shape index (κ3) is 4.55. The van der Waals surface area contributed by atoms with Gasteiger partial charge in [-0.15, -0.1) is 0 Å². The number of carbonyl (C=O) groups is 1. The van der Waals surface area contributed by atoms with E-state index in [1.54, 1.807) is 24.3 Å². The minimum absolute atomic E-state index is 0.269. The quantitative estimate of drug-likeness (QED) is 0.754. The summed E-state index contributed by atoms with van der Waals surface area (Å²) >= 11 is 0. The molecule has 0 spiro atoms. The molecule has 0 bridgehead atoms. The molecule has 148 valence electrons. The fourth-order valence-corrected chi connectivity index (χ4v) is 3.69. The molecule has 1 aliphatic rings. The minimum atomic E-state index is -4.94. The van der Waals surface area contributed by atoms with Crippen molar-refractivity contribution in [1.82, 2.24) is 5.32 Å². The molecular weight excluding hydrogens is 367 g/mol. The van der Waals surface area contributed by atoms with Crippen molar-refractivity contribution in [1.29, 1.82) is 0 Å². The summed E-state index contributed by atoms with van der Waals surface area (Å²) in [6, 6.07) is 15.6. The fraction of sp³-hybridized carbons (Fsp3) is 0.318. The molecule has 28 heavy (non-hydrogen) atoms. The van der Waals surface area contributed by atoms with E-state index in [9.17, 15) is 18.0 Å². The van der Waals surface area contributed by atoms with Crippen LogP contribution in [0.3, 0.4) is 0 Å². The zero-order valence-electron chi connectivity index (χ0n) is 15.5. The number of hydrogen-bond donors (Lipinski definition) is 1. The molecule has 2 aromatic rings. The maximum absolute atomic E-state index is 13.0. The number of ether oxygens (including phenoxy) is 1. The number of halogens is 3. The van der Waals surface area contributed by atoms with E-state index in [2.05, 4.69) is 11.4 Å². The minimum Gasteiger partial charge on any atom is -0.497 e. The summed E-state index contributed by atoms with van der Waals surface area (Å²) in [5.74, 6) is -1.67. The molecule has 1 N–H and O–H groups in total. The Morgan fingerprint density at radius 1 is 1.14 bits per heavy atom. The molecule has 3 nitrogen and oxygen atoms in total. The van der Waals surface area contributed by atoms with E-state index >= 15 is 0 Å². The van der Waals surface area contributed by atoms with E-state index in [-0.39, 0.29) is 5.92 Å². The first-order valence-corrected chi connectivity index (χ1v) is 9.17. The number of benzene rings is 2. The van der Waals surface area contributed by atoms with Gasteiger partial charge in [-0.3, -0.25) is 4.79 Å². The maximum atomic E-state index is 13.0. The Morgan fingerprint density at radius 2 is 1.89 bits per heavy atom. The molecule has 0 fully saturated rings. The van der Waals surface area contributed by atoms with E-state index in [0.717, 1.165) is 24.0 Å². The molecule has 0 unspecified atom stereocenters. The van der Waals surface area contributed by atoms with Crippen molar-refractivity contribution in [3.8, 4) is 5.75 Å². The zero-order valence-corrected chi connectivity index (χ0v) is 15.5. The van der Waals surface area contributed by atoms with Gasteiger partial charge in [0, 0.05) is 5.92 Å². The van der Waals surface area contributed by atoms with Gasteiger partial charge in [-0.2, -0.15) is 13.2 Å². The Morgan fingerprint density at radius 3 is 2.57 bits per heavy atom. The van der Waals surface area contributed by atoms with Gasteiger partial charge in [0.15, 0.2) is 0 Å². The molecule has 2 atom stereocenters. The molecule has 0 aromatic heterocycles. The van der Waals surface area contributed by atoms with Crippen LogP contribution < -0.4 is 10.1 Å². The molecular formula is C22H22F3NO2. The second-order valence-electron chi connectivity index (χ2n) is 6.79. The van der Waals surface area contributed by atoms with Crippen molar-refractivity contribution in [3.05, 3.63) is 71.8 Å². The van der Waals surface area contributed by atoms with E-state index in [1.165, 1.54) is 7.11 Å². The van der Waals surface area contributed by atoms with Crippen molar-refractivity contribution in [2.75, 3.05) is 7.11 Å². The summed E-state index contributed by atoms with van der Waals surface area (Å²) < 4.78 is 44.2. The van der Waals surface area contributed by atoms with Crippen LogP contribution in [0.4, 0.5) is 13.2 Å². The summed E-state index contributed by atoms with van der Waals surface area (Å²) in [6.45, 7) is 0. The predicted octanol–water partition coefficient (Wildman–Crippen LogP) is 5.30. The first-order valence-electron chi connectivity index (χ1n) is 9.17. The number of carbonyl (C=O) groups excluding carboxylic acids is 1. The van der Waals surface area contributed by atoms with Gasteiger partial charge < -0.3 is 10.1 Å². The highest BCUT2D eigenvalue weighted by atomic mass is 19.4. The molecule has 1 amide bonds. The Kier molecular flexibility index (Phi) is 6.07. The lowest BCUT2D eigenvalue weighted by Crippen LogP contribution is -2.42. The normalized spacial score (nSPS) is 18.1. The first kappa shape index (κ1) is 20.0. The van der Waals surface area contributed by atoms with E-state index < -0.39 is 18.1 Å². The van der Waals surface area contributed by atoms with Crippen molar-refractivity contribution >= 4 is 11.5 Å². The lowest BCUT2D eigenvalue weighted by atomic mass is 9.77. The summed E-state index contributed by atoms with van der Waals surface area (Å²) in [5, 5.41) is 2.23. The molecule has 0 aliphatic heterocycles.